The molecule has 21 nitrogen and oxygen atoms in total. The largest absolute Gasteiger partial charge is 0.481 e. The minimum absolute atomic E-state index is 0.00438. The van der Waals surface area contributed by atoms with Gasteiger partial charge < -0.3 is 50.4 Å². The molecule has 0 spiro atoms. The van der Waals surface area contributed by atoms with E-state index >= 15 is 0 Å². The number of Topliss-reactive ketones (excluding diaryl/α,β-unsaturated/α-hetero) is 1. The molecule has 1 aromatic carbocycles. The van der Waals surface area contributed by atoms with Crippen LogP contribution in [0.15, 0.2) is 30.5 Å². The van der Waals surface area contributed by atoms with Crippen molar-refractivity contribution in [3.63, 3.8) is 0 Å². The van der Waals surface area contributed by atoms with Gasteiger partial charge in [-0.05, 0) is 70.9 Å². The van der Waals surface area contributed by atoms with Gasteiger partial charge >= 0.3 is 24.1 Å². The lowest BCUT2D eigenvalue weighted by Crippen LogP contribution is -2.46. The summed E-state index contributed by atoms with van der Waals surface area (Å²) >= 11 is 0. The predicted molar refractivity (Wildman–Crippen MR) is 225 cm³/mol. The first-order valence-electron chi connectivity index (χ1n) is 21.3. The van der Waals surface area contributed by atoms with E-state index in [1.54, 1.807) is 28.9 Å². The normalized spacial score (nSPS) is 11.2. The maximum absolute atomic E-state index is 12.7. The number of amides is 4. The molecule has 352 valence electrons. The Labute approximate surface area is 367 Å². The summed E-state index contributed by atoms with van der Waals surface area (Å²) in [4.78, 5) is 87.0. The first-order valence-corrected chi connectivity index (χ1v) is 21.3. The Morgan fingerprint density at radius 3 is 1.95 bits per heavy atom. The number of carboxylic acid groups (broad SMARTS) is 2. The highest BCUT2D eigenvalue weighted by Gasteiger charge is 2.19. The number of ketones is 1. The Morgan fingerprint density at radius 2 is 1.32 bits per heavy atom. The topological polar surface area (TPSA) is 293 Å². The minimum Gasteiger partial charge on any atom is -0.481 e. The summed E-state index contributed by atoms with van der Waals surface area (Å²) in [6.07, 6.45) is 9.62. The van der Waals surface area contributed by atoms with Crippen molar-refractivity contribution in [3.8, 4) is 0 Å². The van der Waals surface area contributed by atoms with Crippen molar-refractivity contribution >= 4 is 41.7 Å². The molecule has 0 aliphatic heterocycles. The molecule has 2 rings (SSSR count). The van der Waals surface area contributed by atoms with Gasteiger partial charge in [-0.15, -0.1) is 5.10 Å². The van der Waals surface area contributed by atoms with Crippen molar-refractivity contribution in [1.82, 2.24) is 36.3 Å². The van der Waals surface area contributed by atoms with Gasteiger partial charge in [-0.2, -0.15) is 9.59 Å². The SMILES string of the molecule is CC(C)OCC(=O)NCCOCCOCCOCCNC(=O)c1ccc(C(=O)CCCCCCCc2cn(CCCC[C@H](NC(=O)NCCCC(=O)O)C(=O)O)nn2)cc1.O=C=O. The van der Waals surface area contributed by atoms with Crippen LogP contribution in [0.25, 0.3) is 0 Å². The quantitative estimate of drug-likeness (QED) is 0.0423. The molecule has 0 bridgehead atoms. The Balaban J connectivity index is 0.00000642. The van der Waals surface area contributed by atoms with Crippen molar-refractivity contribution in [3.05, 3.63) is 47.3 Å². The third-order valence-corrected chi connectivity index (χ3v) is 8.87. The summed E-state index contributed by atoms with van der Waals surface area (Å²) in [7, 11) is 0. The number of hydrogen-bond donors (Lipinski definition) is 6. The number of benzene rings is 1. The van der Waals surface area contributed by atoms with Crippen LogP contribution in [-0.4, -0.2) is 145 Å². The molecule has 1 atom stereocenters. The van der Waals surface area contributed by atoms with Crippen LogP contribution < -0.4 is 21.3 Å². The van der Waals surface area contributed by atoms with Crippen molar-refractivity contribution in [2.24, 2.45) is 0 Å². The van der Waals surface area contributed by atoms with Gasteiger partial charge in [0.2, 0.25) is 5.91 Å². The highest BCUT2D eigenvalue weighted by molar-refractivity contribution is 5.98. The highest BCUT2D eigenvalue weighted by Crippen LogP contribution is 2.13. The number of ether oxygens (including phenoxy) is 4. The molecule has 0 saturated carbocycles. The second kappa shape index (κ2) is 35.9. The number of aliphatic carboxylic acids is 2. The van der Waals surface area contributed by atoms with E-state index in [1.807, 2.05) is 20.0 Å². The number of unbranched alkanes of at least 4 members (excludes halogenated alkanes) is 5. The van der Waals surface area contributed by atoms with Crippen molar-refractivity contribution in [1.29, 1.82) is 0 Å². The van der Waals surface area contributed by atoms with E-state index in [2.05, 4.69) is 31.6 Å². The van der Waals surface area contributed by atoms with Crippen LogP contribution in [0.3, 0.4) is 0 Å². The smallest absolute Gasteiger partial charge is 0.373 e. The second-order valence-electron chi connectivity index (χ2n) is 14.4. The molecule has 0 aliphatic carbocycles. The number of carbonyl (C=O) groups is 6. The van der Waals surface area contributed by atoms with Crippen LogP contribution >= 0.6 is 0 Å². The molecule has 0 fully saturated rings. The minimum atomic E-state index is -1.14. The fourth-order valence-corrected chi connectivity index (χ4v) is 5.60. The lowest BCUT2D eigenvalue weighted by molar-refractivity contribution is -0.191. The van der Waals surface area contributed by atoms with Crippen molar-refractivity contribution < 1.29 is 67.5 Å². The molecule has 21 heteroatoms. The standard InChI is InChI=1S/C41H65N7O12.CO2/c1-31(2)60-30-37(50)42-20-23-57-25-27-59-28-26-58-24-21-43-39(53)33-17-15-32(16-18-33)36(49)13-7-5-3-4-6-11-34-29-48(47-46-34)22-9-8-12-35(40(54)55)45-41(56)44-19-10-14-38(51)52;2-1-3/h15-18,29,31,35H,3-14,19-28,30H2,1-2H3,(H,42,50)(H,43,53)(H,51,52)(H,54,55)(H2,44,45,56);/t35-;/m0./s1. The second-order valence-corrected chi connectivity index (χ2v) is 14.4. The van der Waals surface area contributed by atoms with Crippen LogP contribution in [0.4, 0.5) is 4.79 Å². The number of aryl methyl sites for hydroxylation is 2. The fraction of sp³-hybridized carbons (Fsp3) is 0.643. The summed E-state index contributed by atoms with van der Waals surface area (Å²) in [5, 5.41) is 36.9. The molecular weight excluding hydrogens is 826 g/mol. The van der Waals surface area contributed by atoms with Gasteiger partial charge in [0, 0.05) is 56.3 Å². The van der Waals surface area contributed by atoms with Crippen LogP contribution in [0.5, 0.6) is 0 Å². The van der Waals surface area contributed by atoms with Gasteiger partial charge in [-0.1, -0.05) is 36.6 Å². The van der Waals surface area contributed by atoms with Crippen molar-refractivity contribution in [2.75, 3.05) is 65.9 Å². The number of aromatic nitrogens is 3. The van der Waals surface area contributed by atoms with E-state index in [0.717, 1.165) is 44.2 Å². The third kappa shape index (κ3) is 30.2. The zero-order valence-corrected chi connectivity index (χ0v) is 36.4. The molecule has 63 heavy (non-hydrogen) atoms. The molecule has 0 unspecified atom stereocenters. The maximum Gasteiger partial charge on any atom is 0.373 e. The Kier molecular flexibility index (Phi) is 31.6. The first-order chi connectivity index (χ1) is 30.4. The van der Waals surface area contributed by atoms with Crippen LogP contribution in [-0.2, 0) is 55.9 Å². The molecule has 2 aromatic rings. The third-order valence-electron chi connectivity index (χ3n) is 8.87. The summed E-state index contributed by atoms with van der Waals surface area (Å²) in [5.41, 5.74) is 1.92. The number of nitrogens with zero attached hydrogens (tertiary/aromatic N) is 3. The Morgan fingerprint density at radius 1 is 0.714 bits per heavy atom. The van der Waals surface area contributed by atoms with Gasteiger partial charge in [-0.25, -0.2) is 9.59 Å². The summed E-state index contributed by atoms with van der Waals surface area (Å²) in [6, 6.07) is 4.98. The van der Waals surface area contributed by atoms with Gasteiger partial charge in [0.15, 0.2) is 5.78 Å². The van der Waals surface area contributed by atoms with Crippen molar-refractivity contribution in [2.45, 2.75) is 110 Å². The lowest BCUT2D eigenvalue weighted by atomic mass is 10.0. The predicted octanol–water partition coefficient (Wildman–Crippen LogP) is 2.57. The zero-order valence-electron chi connectivity index (χ0n) is 36.4. The summed E-state index contributed by atoms with van der Waals surface area (Å²) in [6.45, 7) is 7.48. The van der Waals surface area contributed by atoms with E-state index in [9.17, 15) is 33.9 Å². The molecule has 1 heterocycles. The van der Waals surface area contributed by atoms with Crippen LogP contribution in [0, 0.1) is 0 Å². The average Bonchev–Trinajstić information content (AvgIpc) is 3.71. The first kappa shape index (κ1) is 55.4. The molecule has 0 aliphatic rings. The number of nitrogens with one attached hydrogen (secondary N) is 4. The zero-order chi connectivity index (χ0) is 46.5. The molecule has 6 N–H and O–H groups in total. The molecule has 1 aromatic heterocycles. The van der Waals surface area contributed by atoms with Gasteiger partial charge in [0.1, 0.15) is 12.6 Å². The van der Waals surface area contributed by atoms with Crippen LogP contribution in [0.2, 0.25) is 0 Å². The number of carbonyl (C=O) groups excluding carboxylic acids is 6. The van der Waals surface area contributed by atoms with E-state index in [-0.39, 0.29) is 62.3 Å². The molecule has 0 radical (unpaired) electrons. The highest BCUT2D eigenvalue weighted by atomic mass is 16.5. The number of urea groups is 1. The molecule has 4 amide bonds. The van der Waals surface area contributed by atoms with Crippen LogP contribution in [0.1, 0.15) is 111 Å². The molecular formula is C42H65N7O14. The number of hydrogen-bond acceptors (Lipinski definition) is 14. The van der Waals surface area contributed by atoms with Gasteiger partial charge in [-0.3, -0.25) is 23.9 Å². The number of rotatable bonds is 36. The van der Waals surface area contributed by atoms with E-state index in [4.69, 9.17) is 33.6 Å². The van der Waals surface area contributed by atoms with Gasteiger partial charge in [0.05, 0.1) is 51.4 Å². The van der Waals surface area contributed by atoms with Gasteiger partial charge in [0.25, 0.3) is 5.91 Å². The Hall–Kier alpha value is -5.60. The number of carboxylic acids is 2. The monoisotopic (exact) mass is 891 g/mol. The molecule has 0 saturated heterocycles. The van der Waals surface area contributed by atoms with E-state index in [1.165, 1.54) is 0 Å². The Bertz CT molecular complexity index is 1650. The lowest BCUT2D eigenvalue weighted by Gasteiger charge is -2.15. The average molecular weight is 892 g/mol. The summed E-state index contributed by atoms with van der Waals surface area (Å²) in [5.74, 6) is -2.48. The van der Waals surface area contributed by atoms with E-state index in [0.29, 0.717) is 89.7 Å². The maximum atomic E-state index is 12.7. The summed E-state index contributed by atoms with van der Waals surface area (Å²) < 4.78 is 23.3. The van der Waals surface area contributed by atoms with E-state index < -0.39 is 24.0 Å². The fourth-order valence-electron chi connectivity index (χ4n) is 5.60.